The second-order valence-electron chi connectivity index (χ2n) is 4.61. The number of aromatic nitrogens is 2. The second kappa shape index (κ2) is 6.10. The molecule has 0 bridgehead atoms. The van der Waals surface area contributed by atoms with Crippen LogP contribution in [0.5, 0.6) is 0 Å². The Labute approximate surface area is 117 Å². The Balaban J connectivity index is 2.50. The van der Waals surface area contributed by atoms with Gasteiger partial charge in [-0.2, -0.15) is 0 Å². The molecule has 4 heteroatoms. The average Bonchev–Trinajstić information content (AvgIpc) is 2.89. The third-order valence-corrected chi connectivity index (χ3v) is 3.10. The highest BCUT2D eigenvalue weighted by atomic mass is 16.1. The summed E-state index contributed by atoms with van der Waals surface area (Å²) in [7, 11) is 1.90. The molecular weight excluding hydrogens is 252 g/mol. The zero-order valence-electron chi connectivity index (χ0n) is 11.5. The summed E-state index contributed by atoms with van der Waals surface area (Å²) in [5.74, 6) is -0.900. The first-order chi connectivity index (χ1) is 9.63. The molecule has 20 heavy (non-hydrogen) atoms. The number of ketones is 1. The van der Waals surface area contributed by atoms with Gasteiger partial charge in [0.25, 0.3) is 0 Å². The fourth-order valence-corrected chi connectivity index (χ4v) is 1.87. The molecule has 0 aliphatic rings. The van der Waals surface area contributed by atoms with Crippen molar-refractivity contribution < 1.29 is 9.59 Å². The van der Waals surface area contributed by atoms with Crippen molar-refractivity contribution in [1.29, 1.82) is 0 Å². The Morgan fingerprint density at radius 2 is 2.10 bits per heavy atom. The lowest BCUT2D eigenvalue weighted by atomic mass is 9.96. The van der Waals surface area contributed by atoms with E-state index in [2.05, 4.69) is 4.98 Å². The number of hydrogen-bond donors (Lipinski definition) is 0. The van der Waals surface area contributed by atoms with Crippen LogP contribution in [-0.2, 0) is 16.6 Å². The summed E-state index contributed by atoms with van der Waals surface area (Å²) in [6.07, 6.45) is 5.96. The lowest BCUT2D eigenvalue weighted by Crippen LogP contribution is -2.14. The summed E-state index contributed by atoms with van der Waals surface area (Å²) in [5, 5.41) is 0. The Kier molecular flexibility index (Phi) is 4.25. The molecule has 4 nitrogen and oxygen atoms in total. The smallest absolute Gasteiger partial charge is 0.174 e. The zero-order chi connectivity index (χ0) is 14.5. The lowest BCUT2D eigenvalue weighted by molar-refractivity contribution is -0.122. The maximum atomic E-state index is 12.4. The maximum absolute atomic E-state index is 12.4. The molecule has 2 aromatic rings. The maximum Gasteiger partial charge on any atom is 0.174 e. The standard InChI is InChI=1S/C16H16N2O2/c1-12(11-19)16(20)14(15-7-3-4-8-17-15)10-13-6-5-9-18(13)2/h3-12H,1-2H3/b14-10-. The summed E-state index contributed by atoms with van der Waals surface area (Å²) >= 11 is 0. The molecule has 102 valence electrons. The average molecular weight is 268 g/mol. The largest absolute Gasteiger partial charge is 0.351 e. The van der Waals surface area contributed by atoms with Gasteiger partial charge < -0.3 is 9.36 Å². The van der Waals surface area contributed by atoms with E-state index in [1.54, 1.807) is 31.3 Å². The van der Waals surface area contributed by atoms with E-state index in [0.717, 1.165) is 5.69 Å². The van der Waals surface area contributed by atoms with E-state index in [-0.39, 0.29) is 5.78 Å². The van der Waals surface area contributed by atoms with Crippen molar-refractivity contribution in [2.75, 3.05) is 0 Å². The molecule has 0 N–H and O–H groups in total. The summed E-state index contributed by atoms with van der Waals surface area (Å²) in [4.78, 5) is 27.5. The number of carbonyl (C=O) groups is 2. The predicted molar refractivity (Wildman–Crippen MR) is 77.8 cm³/mol. The SMILES string of the molecule is CC(C=O)C(=O)/C(=C\c1cccn1C)c1ccccn1. The molecule has 0 aliphatic heterocycles. The molecule has 1 atom stereocenters. The van der Waals surface area contributed by atoms with Crippen LogP contribution >= 0.6 is 0 Å². The molecule has 1 unspecified atom stereocenters. The van der Waals surface area contributed by atoms with Gasteiger partial charge in [-0.25, -0.2) is 0 Å². The number of rotatable bonds is 5. The van der Waals surface area contributed by atoms with Crippen molar-refractivity contribution in [2.24, 2.45) is 13.0 Å². The van der Waals surface area contributed by atoms with Crippen molar-refractivity contribution in [2.45, 2.75) is 6.92 Å². The third kappa shape index (κ3) is 2.91. The molecule has 0 fully saturated rings. The molecule has 0 amide bonds. The highest BCUT2D eigenvalue weighted by Gasteiger charge is 2.19. The van der Waals surface area contributed by atoms with E-state index in [1.165, 1.54) is 0 Å². The van der Waals surface area contributed by atoms with Crippen LogP contribution in [0.3, 0.4) is 0 Å². The van der Waals surface area contributed by atoms with Crippen LogP contribution in [0.2, 0.25) is 0 Å². The van der Waals surface area contributed by atoms with Crippen LogP contribution in [0, 0.1) is 5.92 Å². The van der Waals surface area contributed by atoms with Crippen LogP contribution in [0.25, 0.3) is 11.6 Å². The topological polar surface area (TPSA) is 52.0 Å². The third-order valence-electron chi connectivity index (χ3n) is 3.10. The second-order valence-corrected chi connectivity index (χ2v) is 4.61. The summed E-state index contributed by atoms with van der Waals surface area (Å²) < 4.78 is 1.90. The number of carbonyl (C=O) groups excluding carboxylic acids is 2. The van der Waals surface area contributed by atoms with Crippen LogP contribution in [0.4, 0.5) is 0 Å². The Bertz CT molecular complexity index is 642. The lowest BCUT2D eigenvalue weighted by Gasteiger charge is -2.09. The highest BCUT2D eigenvalue weighted by Crippen LogP contribution is 2.20. The van der Waals surface area contributed by atoms with Gasteiger partial charge in [-0.05, 0) is 37.3 Å². The van der Waals surface area contributed by atoms with Crippen molar-refractivity contribution in [3.63, 3.8) is 0 Å². The number of allylic oxidation sites excluding steroid dienone is 1. The zero-order valence-corrected chi connectivity index (χ0v) is 11.5. The van der Waals surface area contributed by atoms with Gasteiger partial charge >= 0.3 is 0 Å². The molecule has 0 radical (unpaired) electrons. The molecule has 0 saturated heterocycles. The first-order valence-electron chi connectivity index (χ1n) is 6.37. The summed E-state index contributed by atoms with van der Waals surface area (Å²) in [6.45, 7) is 1.59. The van der Waals surface area contributed by atoms with Gasteiger partial charge in [-0.1, -0.05) is 6.07 Å². The number of hydrogen-bond acceptors (Lipinski definition) is 3. The van der Waals surface area contributed by atoms with Gasteiger partial charge in [0.1, 0.15) is 6.29 Å². The van der Waals surface area contributed by atoms with Crippen molar-refractivity contribution in [1.82, 2.24) is 9.55 Å². The van der Waals surface area contributed by atoms with E-state index in [9.17, 15) is 9.59 Å². The monoisotopic (exact) mass is 268 g/mol. The highest BCUT2D eigenvalue weighted by molar-refractivity contribution is 6.28. The molecular formula is C16H16N2O2. The fraction of sp³-hybridized carbons (Fsp3) is 0.188. The van der Waals surface area contributed by atoms with Gasteiger partial charge in [-0.3, -0.25) is 9.78 Å². The number of nitrogens with zero attached hydrogens (tertiary/aromatic N) is 2. The van der Waals surface area contributed by atoms with Gasteiger partial charge in [0.05, 0.1) is 11.6 Å². The molecule has 0 saturated carbocycles. The normalized spacial score (nSPS) is 13.0. The summed E-state index contributed by atoms with van der Waals surface area (Å²) in [6, 6.07) is 9.18. The predicted octanol–water partition coefficient (Wildman–Crippen LogP) is 2.36. The Morgan fingerprint density at radius 1 is 1.30 bits per heavy atom. The minimum Gasteiger partial charge on any atom is -0.351 e. The number of Topliss-reactive ketones (excluding diaryl/α,β-unsaturated/α-hetero) is 1. The fourth-order valence-electron chi connectivity index (χ4n) is 1.87. The Morgan fingerprint density at radius 3 is 2.65 bits per heavy atom. The minimum absolute atomic E-state index is 0.222. The molecule has 2 heterocycles. The van der Waals surface area contributed by atoms with Crippen LogP contribution in [0.1, 0.15) is 18.3 Å². The Hall–Kier alpha value is -2.49. The van der Waals surface area contributed by atoms with Gasteiger partial charge in [0.15, 0.2) is 5.78 Å². The first kappa shape index (κ1) is 13.9. The van der Waals surface area contributed by atoms with E-state index >= 15 is 0 Å². The van der Waals surface area contributed by atoms with E-state index in [1.807, 2.05) is 36.0 Å². The van der Waals surface area contributed by atoms with Gasteiger partial charge in [0, 0.05) is 30.7 Å². The van der Waals surface area contributed by atoms with Crippen molar-refractivity contribution in [3.05, 3.63) is 54.1 Å². The van der Waals surface area contributed by atoms with Crippen LogP contribution in [-0.4, -0.2) is 21.6 Å². The van der Waals surface area contributed by atoms with Crippen LogP contribution in [0.15, 0.2) is 42.7 Å². The van der Waals surface area contributed by atoms with E-state index in [4.69, 9.17) is 0 Å². The molecule has 2 aromatic heterocycles. The molecule has 0 spiro atoms. The minimum atomic E-state index is -0.677. The first-order valence-corrected chi connectivity index (χ1v) is 6.37. The van der Waals surface area contributed by atoms with E-state index < -0.39 is 5.92 Å². The number of aryl methyl sites for hydroxylation is 1. The number of aldehydes is 1. The summed E-state index contributed by atoms with van der Waals surface area (Å²) in [5.41, 5.74) is 1.91. The molecule has 0 aromatic carbocycles. The number of pyridine rings is 1. The van der Waals surface area contributed by atoms with Gasteiger partial charge in [0.2, 0.25) is 0 Å². The van der Waals surface area contributed by atoms with Crippen molar-refractivity contribution in [3.8, 4) is 0 Å². The van der Waals surface area contributed by atoms with Gasteiger partial charge in [-0.15, -0.1) is 0 Å². The van der Waals surface area contributed by atoms with Crippen molar-refractivity contribution >= 4 is 23.7 Å². The van der Waals surface area contributed by atoms with Crippen LogP contribution < -0.4 is 0 Å². The quantitative estimate of drug-likeness (QED) is 0.475. The van der Waals surface area contributed by atoms with E-state index in [0.29, 0.717) is 17.6 Å². The molecule has 0 aliphatic carbocycles. The molecule has 2 rings (SSSR count).